The van der Waals surface area contributed by atoms with Gasteiger partial charge in [-0.1, -0.05) is 158 Å². The number of fused-ring (bicyclic) bond motifs is 5. The standard InChI is InChI=1S/C48H33N/c1-3-11-34(12-4-1)35-19-21-36(22-20-35)37-25-29-42(30-26-37)49(41-14-5-2-6-15-41)43-31-27-39(28-32-43)47-33-40-24-23-38-13-7-8-16-44(38)48(40)46-18-10-9-17-45(46)47/h1-33H. The molecule has 0 unspecified atom stereocenters. The first-order valence-electron chi connectivity index (χ1n) is 16.8. The molecule has 0 heterocycles. The average Bonchev–Trinajstić information content (AvgIpc) is 3.19. The van der Waals surface area contributed by atoms with E-state index in [1.165, 1.54) is 65.7 Å². The molecule has 0 spiro atoms. The molecule has 9 aromatic rings. The van der Waals surface area contributed by atoms with Crippen LogP contribution in [0.4, 0.5) is 17.1 Å². The Morgan fingerprint density at radius 1 is 0.265 bits per heavy atom. The summed E-state index contributed by atoms with van der Waals surface area (Å²) < 4.78 is 0. The molecule has 0 aromatic heterocycles. The van der Waals surface area contributed by atoms with Crippen LogP contribution >= 0.6 is 0 Å². The maximum absolute atomic E-state index is 2.36. The Hall–Kier alpha value is -6.44. The number of hydrogen-bond acceptors (Lipinski definition) is 1. The average molecular weight is 624 g/mol. The first kappa shape index (κ1) is 28.8. The third-order valence-corrected chi connectivity index (χ3v) is 9.65. The summed E-state index contributed by atoms with van der Waals surface area (Å²) in [4.78, 5) is 2.33. The van der Waals surface area contributed by atoms with E-state index in [2.05, 4.69) is 205 Å². The van der Waals surface area contributed by atoms with E-state index in [4.69, 9.17) is 0 Å². The number of anilines is 3. The summed E-state index contributed by atoms with van der Waals surface area (Å²) in [6.45, 7) is 0. The van der Waals surface area contributed by atoms with Gasteiger partial charge in [0.15, 0.2) is 0 Å². The quantitative estimate of drug-likeness (QED) is 0.167. The molecule has 0 amide bonds. The second kappa shape index (κ2) is 12.3. The highest BCUT2D eigenvalue weighted by Crippen LogP contribution is 2.40. The van der Waals surface area contributed by atoms with Crippen molar-refractivity contribution in [2.45, 2.75) is 0 Å². The zero-order valence-corrected chi connectivity index (χ0v) is 27.0. The van der Waals surface area contributed by atoms with Gasteiger partial charge in [0, 0.05) is 17.1 Å². The van der Waals surface area contributed by atoms with Crippen molar-refractivity contribution in [3.63, 3.8) is 0 Å². The van der Waals surface area contributed by atoms with Crippen LogP contribution in [0.5, 0.6) is 0 Å². The number of benzene rings is 9. The Morgan fingerprint density at radius 2 is 0.694 bits per heavy atom. The van der Waals surface area contributed by atoms with Crippen LogP contribution in [0.3, 0.4) is 0 Å². The van der Waals surface area contributed by atoms with Gasteiger partial charge in [-0.05, 0) is 108 Å². The van der Waals surface area contributed by atoms with Gasteiger partial charge in [-0.25, -0.2) is 0 Å². The number of hydrogen-bond donors (Lipinski definition) is 0. The number of nitrogens with zero attached hydrogens (tertiary/aromatic N) is 1. The zero-order valence-electron chi connectivity index (χ0n) is 27.0. The Balaban J connectivity index is 1.08. The van der Waals surface area contributed by atoms with E-state index in [1.54, 1.807) is 0 Å². The lowest BCUT2D eigenvalue weighted by molar-refractivity contribution is 1.28. The largest absolute Gasteiger partial charge is 0.311 e. The lowest BCUT2D eigenvalue weighted by atomic mass is 9.91. The van der Waals surface area contributed by atoms with Crippen molar-refractivity contribution >= 4 is 49.4 Å². The van der Waals surface area contributed by atoms with Crippen LogP contribution in [0, 0.1) is 0 Å². The van der Waals surface area contributed by atoms with Gasteiger partial charge >= 0.3 is 0 Å². The van der Waals surface area contributed by atoms with Gasteiger partial charge in [0.2, 0.25) is 0 Å². The topological polar surface area (TPSA) is 3.24 Å². The van der Waals surface area contributed by atoms with Crippen LogP contribution in [0.25, 0.3) is 65.7 Å². The highest BCUT2D eigenvalue weighted by atomic mass is 15.1. The fraction of sp³-hybridized carbons (Fsp3) is 0. The van der Waals surface area contributed by atoms with Gasteiger partial charge in [-0.3, -0.25) is 0 Å². The van der Waals surface area contributed by atoms with Gasteiger partial charge in [0.25, 0.3) is 0 Å². The summed E-state index contributed by atoms with van der Waals surface area (Å²) in [7, 11) is 0. The molecule has 0 atom stereocenters. The minimum absolute atomic E-state index is 1.12. The number of para-hydroxylation sites is 1. The minimum atomic E-state index is 1.12. The van der Waals surface area contributed by atoms with Crippen LogP contribution in [0.15, 0.2) is 200 Å². The summed E-state index contributed by atoms with van der Waals surface area (Å²) in [5.74, 6) is 0. The van der Waals surface area contributed by atoms with Crippen molar-refractivity contribution in [2.75, 3.05) is 4.90 Å². The van der Waals surface area contributed by atoms with Crippen LogP contribution < -0.4 is 4.90 Å². The maximum Gasteiger partial charge on any atom is 0.0462 e. The van der Waals surface area contributed by atoms with Crippen LogP contribution in [0.1, 0.15) is 0 Å². The summed E-state index contributed by atoms with van der Waals surface area (Å²) in [5, 5.41) is 7.71. The van der Waals surface area contributed by atoms with Crippen molar-refractivity contribution in [3.05, 3.63) is 200 Å². The molecule has 0 aliphatic carbocycles. The summed E-state index contributed by atoms with van der Waals surface area (Å²) in [6.07, 6.45) is 0. The molecule has 0 radical (unpaired) electrons. The molecule has 1 nitrogen and oxygen atoms in total. The molecule has 0 saturated carbocycles. The lowest BCUT2D eigenvalue weighted by Gasteiger charge is -2.26. The SMILES string of the molecule is c1ccc(-c2ccc(-c3ccc(N(c4ccccc4)c4ccc(-c5cc6ccc7ccccc7c6c6ccccc56)cc4)cc3)cc2)cc1. The molecular weight excluding hydrogens is 591 g/mol. The summed E-state index contributed by atoms with van der Waals surface area (Å²) in [5.41, 5.74) is 10.7. The first-order chi connectivity index (χ1) is 24.3. The molecule has 9 rings (SSSR count). The normalized spacial score (nSPS) is 11.3. The van der Waals surface area contributed by atoms with Gasteiger partial charge in [-0.15, -0.1) is 0 Å². The lowest BCUT2D eigenvalue weighted by Crippen LogP contribution is -2.09. The van der Waals surface area contributed by atoms with Gasteiger partial charge < -0.3 is 4.90 Å². The maximum atomic E-state index is 2.36. The van der Waals surface area contributed by atoms with E-state index < -0.39 is 0 Å². The Morgan fingerprint density at radius 3 is 1.33 bits per heavy atom. The second-order valence-corrected chi connectivity index (χ2v) is 12.6. The molecule has 230 valence electrons. The van der Waals surface area contributed by atoms with Gasteiger partial charge in [-0.2, -0.15) is 0 Å². The van der Waals surface area contributed by atoms with Gasteiger partial charge in [0.1, 0.15) is 0 Å². The molecule has 9 aromatic carbocycles. The molecular formula is C48H33N. The molecule has 49 heavy (non-hydrogen) atoms. The monoisotopic (exact) mass is 623 g/mol. The van der Waals surface area contributed by atoms with Crippen molar-refractivity contribution < 1.29 is 0 Å². The van der Waals surface area contributed by atoms with Crippen molar-refractivity contribution in [1.29, 1.82) is 0 Å². The third kappa shape index (κ3) is 5.32. The minimum Gasteiger partial charge on any atom is -0.311 e. The van der Waals surface area contributed by atoms with Crippen LogP contribution in [-0.4, -0.2) is 0 Å². The van der Waals surface area contributed by atoms with Gasteiger partial charge in [0.05, 0.1) is 0 Å². The Labute approximate surface area is 287 Å². The van der Waals surface area contributed by atoms with E-state index in [9.17, 15) is 0 Å². The molecule has 0 saturated heterocycles. The Kier molecular flexibility index (Phi) is 7.22. The number of rotatable bonds is 6. The van der Waals surface area contributed by atoms with E-state index in [1.807, 2.05) is 0 Å². The third-order valence-electron chi connectivity index (χ3n) is 9.65. The predicted molar refractivity (Wildman–Crippen MR) is 210 cm³/mol. The smallest absolute Gasteiger partial charge is 0.0462 e. The Bertz CT molecular complexity index is 2550. The van der Waals surface area contributed by atoms with Crippen molar-refractivity contribution in [3.8, 4) is 33.4 Å². The van der Waals surface area contributed by atoms with Crippen LogP contribution in [-0.2, 0) is 0 Å². The molecule has 0 fully saturated rings. The van der Waals surface area contributed by atoms with E-state index in [-0.39, 0.29) is 0 Å². The predicted octanol–water partition coefficient (Wildman–Crippen LogP) is 13.6. The van der Waals surface area contributed by atoms with Crippen LogP contribution in [0.2, 0.25) is 0 Å². The zero-order chi connectivity index (χ0) is 32.6. The van der Waals surface area contributed by atoms with E-state index in [0.717, 1.165) is 17.1 Å². The molecule has 0 bridgehead atoms. The summed E-state index contributed by atoms with van der Waals surface area (Å²) >= 11 is 0. The first-order valence-corrected chi connectivity index (χ1v) is 16.8. The highest BCUT2D eigenvalue weighted by molar-refractivity contribution is 6.23. The molecule has 1 heteroatoms. The van der Waals surface area contributed by atoms with Crippen molar-refractivity contribution in [1.82, 2.24) is 0 Å². The molecule has 0 aliphatic rings. The second-order valence-electron chi connectivity index (χ2n) is 12.6. The molecule has 0 aliphatic heterocycles. The van der Waals surface area contributed by atoms with E-state index >= 15 is 0 Å². The summed E-state index contributed by atoms with van der Waals surface area (Å²) in [6, 6.07) is 72.3. The highest BCUT2D eigenvalue weighted by Gasteiger charge is 2.15. The van der Waals surface area contributed by atoms with Crippen molar-refractivity contribution in [2.24, 2.45) is 0 Å². The fourth-order valence-electron chi connectivity index (χ4n) is 7.22. The molecule has 0 N–H and O–H groups in total. The van der Waals surface area contributed by atoms with E-state index in [0.29, 0.717) is 0 Å². The fourth-order valence-corrected chi connectivity index (χ4v) is 7.22.